The molecule has 1 aromatic heterocycles. The molecule has 2 unspecified atom stereocenters. The minimum Gasteiger partial charge on any atom is -0.383 e. The van der Waals surface area contributed by atoms with Crippen LogP contribution in [0.1, 0.15) is 45.3 Å². The zero-order valence-electron chi connectivity index (χ0n) is 13.4. The van der Waals surface area contributed by atoms with Crippen molar-refractivity contribution in [2.24, 2.45) is 0 Å². The SMILES string of the molecule is CCCC(C)NC(=O)C(C)n1cc(CNCCOC)nn1. The van der Waals surface area contributed by atoms with Crippen LogP contribution in [0.3, 0.4) is 0 Å². The highest BCUT2D eigenvalue weighted by Gasteiger charge is 2.18. The second-order valence-corrected chi connectivity index (χ2v) is 5.23. The summed E-state index contributed by atoms with van der Waals surface area (Å²) in [5.41, 5.74) is 0.812. The maximum Gasteiger partial charge on any atom is 0.244 e. The van der Waals surface area contributed by atoms with Crippen molar-refractivity contribution in [1.82, 2.24) is 25.6 Å². The molecule has 0 bridgehead atoms. The predicted octanol–water partition coefficient (Wildman–Crippen LogP) is 0.880. The number of carbonyl (C=O) groups excluding carboxylic acids is 1. The van der Waals surface area contributed by atoms with Gasteiger partial charge in [-0.2, -0.15) is 0 Å². The molecule has 0 radical (unpaired) electrons. The monoisotopic (exact) mass is 297 g/mol. The number of methoxy groups -OCH3 is 1. The first-order valence-electron chi connectivity index (χ1n) is 7.49. The molecule has 0 aliphatic carbocycles. The fourth-order valence-electron chi connectivity index (χ4n) is 1.96. The highest BCUT2D eigenvalue weighted by Crippen LogP contribution is 2.06. The minimum absolute atomic E-state index is 0.0280. The van der Waals surface area contributed by atoms with Crippen LogP contribution < -0.4 is 10.6 Å². The van der Waals surface area contributed by atoms with Gasteiger partial charge in [-0.25, -0.2) is 4.68 Å². The molecular formula is C14H27N5O2. The summed E-state index contributed by atoms with van der Waals surface area (Å²) in [6.07, 6.45) is 3.83. The van der Waals surface area contributed by atoms with Gasteiger partial charge in [-0.1, -0.05) is 18.6 Å². The molecule has 2 atom stereocenters. The van der Waals surface area contributed by atoms with E-state index in [9.17, 15) is 4.79 Å². The van der Waals surface area contributed by atoms with Crippen LogP contribution in [-0.2, 0) is 16.1 Å². The lowest BCUT2D eigenvalue weighted by Crippen LogP contribution is -2.37. The van der Waals surface area contributed by atoms with Crippen LogP contribution in [0, 0.1) is 0 Å². The fourth-order valence-corrected chi connectivity index (χ4v) is 1.96. The number of hydrogen-bond donors (Lipinski definition) is 2. The molecule has 0 saturated carbocycles. The fraction of sp³-hybridized carbons (Fsp3) is 0.786. The zero-order valence-corrected chi connectivity index (χ0v) is 13.4. The van der Waals surface area contributed by atoms with E-state index in [2.05, 4.69) is 27.9 Å². The van der Waals surface area contributed by atoms with Gasteiger partial charge < -0.3 is 15.4 Å². The predicted molar refractivity (Wildman–Crippen MR) is 80.8 cm³/mol. The number of rotatable bonds is 10. The Morgan fingerprint density at radius 1 is 1.48 bits per heavy atom. The maximum absolute atomic E-state index is 12.1. The maximum atomic E-state index is 12.1. The molecule has 21 heavy (non-hydrogen) atoms. The number of amides is 1. The van der Waals surface area contributed by atoms with Crippen molar-refractivity contribution in [3.8, 4) is 0 Å². The van der Waals surface area contributed by atoms with Crippen LogP contribution in [0.15, 0.2) is 6.20 Å². The quantitative estimate of drug-likeness (QED) is 0.627. The minimum atomic E-state index is -0.357. The number of aromatic nitrogens is 3. The lowest BCUT2D eigenvalue weighted by atomic mass is 10.2. The van der Waals surface area contributed by atoms with E-state index in [-0.39, 0.29) is 18.0 Å². The average molecular weight is 297 g/mol. The second-order valence-electron chi connectivity index (χ2n) is 5.23. The van der Waals surface area contributed by atoms with E-state index in [1.54, 1.807) is 18.0 Å². The van der Waals surface area contributed by atoms with Gasteiger partial charge in [0.15, 0.2) is 0 Å². The van der Waals surface area contributed by atoms with Gasteiger partial charge in [0.2, 0.25) is 5.91 Å². The van der Waals surface area contributed by atoms with Gasteiger partial charge in [0.25, 0.3) is 0 Å². The molecule has 0 aliphatic heterocycles. The molecule has 0 fully saturated rings. The smallest absolute Gasteiger partial charge is 0.244 e. The summed E-state index contributed by atoms with van der Waals surface area (Å²) >= 11 is 0. The van der Waals surface area contributed by atoms with Crippen molar-refractivity contribution in [3.05, 3.63) is 11.9 Å². The molecule has 0 aliphatic rings. The Morgan fingerprint density at radius 2 is 2.24 bits per heavy atom. The van der Waals surface area contributed by atoms with Crippen molar-refractivity contribution in [3.63, 3.8) is 0 Å². The number of nitrogens with one attached hydrogen (secondary N) is 2. The summed E-state index contributed by atoms with van der Waals surface area (Å²) in [4.78, 5) is 12.1. The van der Waals surface area contributed by atoms with Crippen LogP contribution in [-0.4, -0.2) is 47.2 Å². The first-order chi connectivity index (χ1) is 10.1. The molecular weight excluding hydrogens is 270 g/mol. The molecule has 7 heteroatoms. The number of hydrogen-bond acceptors (Lipinski definition) is 5. The van der Waals surface area contributed by atoms with Gasteiger partial charge in [-0.05, 0) is 20.3 Å². The van der Waals surface area contributed by atoms with Gasteiger partial charge in [-0.3, -0.25) is 4.79 Å². The van der Waals surface area contributed by atoms with Crippen molar-refractivity contribution in [2.45, 2.75) is 52.2 Å². The summed E-state index contributed by atoms with van der Waals surface area (Å²) in [5.74, 6) is -0.0280. The number of ether oxygens (including phenoxy) is 1. The summed E-state index contributed by atoms with van der Waals surface area (Å²) in [5, 5.41) is 14.3. The molecule has 0 spiro atoms. The molecule has 0 saturated heterocycles. The molecule has 1 amide bonds. The molecule has 1 aromatic rings. The van der Waals surface area contributed by atoms with E-state index in [0.29, 0.717) is 13.2 Å². The normalized spacial score (nSPS) is 13.9. The topological polar surface area (TPSA) is 81.1 Å². The Labute approximate surface area is 126 Å². The number of nitrogens with zero attached hydrogens (tertiary/aromatic N) is 3. The van der Waals surface area contributed by atoms with E-state index < -0.39 is 0 Å². The molecule has 120 valence electrons. The van der Waals surface area contributed by atoms with Gasteiger partial charge >= 0.3 is 0 Å². The Balaban J connectivity index is 2.45. The van der Waals surface area contributed by atoms with Crippen molar-refractivity contribution in [1.29, 1.82) is 0 Å². The summed E-state index contributed by atoms with van der Waals surface area (Å²) in [7, 11) is 1.66. The van der Waals surface area contributed by atoms with Gasteiger partial charge in [0, 0.05) is 26.2 Å². The first kappa shape index (κ1) is 17.6. The summed E-state index contributed by atoms with van der Waals surface area (Å²) < 4.78 is 6.55. The van der Waals surface area contributed by atoms with Gasteiger partial charge in [0.1, 0.15) is 6.04 Å². The third-order valence-electron chi connectivity index (χ3n) is 3.23. The van der Waals surface area contributed by atoms with Crippen molar-refractivity contribution >= 4 is 5.91 Å². The van der Waals surface area contributed by atoms with E-state index >= 15 is 0 Å². The Hall–Kier alpha value is -1.47. The average Bonchev–Trinajstić information content (AvgIpc) is 2.91. The second kappa shape index (κ2) is 9.46. The lowest BCUT2D eigenvalue weighted by molar-refractivity contribution is -0.124. The van der Waals surface area contributed by atoms with Gasteiger partial charge in [0.05, 0.1) is 18.5 Å². The Kier molecular flexibility index (Phi) is 7.92. The Bertz CT molecular complexity index is 421. The third kappa shape index (κ3) is 6.22. The molecule has 7 nitrogen and oxygen atoms in total. The van der Waals surface area contributed by atoms with Crippen molar-refractivity contribution < 1.29 is 9.53 Å². The van der Waals surface area contributed by atoms with E-state index in [1.807, 2.05) is 13.8 Å². The number of carbonyl (C=O) groups is 1. The zero-order chi connectivity index (χ0) is 15.7. The molecule has 2 N–H and O–H groups in total. The molecule has 1 heterocycles. The standard InChI is InChI=1S/C14H27N5O2/c1-5-6-11(2)16-14(20)12(3)19-10-13(17-18-19)9-15-7-8-21-4/h10-12,15H,5-9H2,1-4H3,(H,16,20). The van der Waals surface area contributed by atoms with Crippen LogP contribution in [0.4, 0.5) is 0 Å². The molecule has 0 aromatic carbocycles. The highest BCUT2D eigenvalue weighted by molar-refractivity contribution is 5.79. The lowest BCUT2D eigenvalue weighted by Gasteiger charge is -2.16. The van der Waals surface area contributed by atoms with E-state index in [4.69, 9.17) is 4.74 Å². The van der Waals surface area contributed by atoms with Crippen LogP contribution in [0.2, 0.25) is 0 Å². The summed E-state index contributed by atoms with van der Waals surface area (Å²) in [6, 6.07) is -0.173. The largest absolute Gasteiger partial charge is 0.383 e. The molecule has 1 rings (SSSR count). The highest BCUT2D eigenvalue weighted by atomic mass is 16.5. The summed E-state index contributed by atoms with van der Waals surface area (Å²) in [6.45, 7) is 7.97. The van der Waals surface area contributed by atoms with Gasteiger partial charge in [-0.15, -0.1) is 5.10 Å². The van der Waals surface area contributed by atoms with Crippen LogP contribution in [0.25, 0.3) is 0 Å². The van der Waals surface area contributed by atoms with Crippen LogP contribution in [0.5, 0.6) is 0 Å². The first-order valence-corrected chi connectivity index (χ1v) is 7.49. The Morgan fingerprint density at radius 3 is 2.90 bits per heavy atom. The van der Waals surface area contributed by atoms with E-state index in [0.717, 1.165) is 25.1 Å². The van der Waals surface area contributed by atoms with Crippen molar-refractivity contribution in [2.75, 3.05) is 20.3 Å². The van der Waals surface area contributed by atoms with Crippen LogP contribution >= 0.6 is 0 Å². The third-order valence-corrected chi connectivity index (χ3v) is 3.23. The van der Waals surface area contributed by atoms with E-state index in [1.165, 1.54) is 0 Å².